The molecule has 2 rings (SSSR count). The highest BCUT2D eigenvalue weighted by Crippen LogP contribution is 2.21. The van der Waals surface area contributed by atoms with Crippen LogP contribution in [0.4, 0.5) is 5.69 Å². The Bertz CT molecular complexity index is 596. The van der Waals surface area contributed by atoms with Gasteiger partial charge in [-0.3, -0.25) is 4.79 Å². The van der Waals surface area contributed by atoms with Gasteiger partial charge in [0.2, 0.25) is 5.91 Å². The molecular weight excluding hydrogens is 308 g/mol. The zero-order chi connectivity index (χ0) is 15.3. The predicted molar refractivity (Wildman–Crippen MR) is 86.5 cm³/mol. The van der Waals surface area contributed by atoms with E-state index in [0.29, 0.717) is 16.7 Å². The fraction of sp³-hybridized carbons (Fsp3) is 0.500. The molecule has 1 aromatic carbocycles. The van der Waals surface area contributed by atoms with Gasteiger partial charge in [-0.25, -0.2) is 8.42 Å². The van der Waals surface area contributed by atoms with Crippen LogP contribution in [0.3, 0.4) is 0 Å². The first kappa shape index (κ1) is 16.3. The first-order chi connectivity index (χ1) is 9.95. The van der Waals surface area contributed by atoms with Crippen molar-refractivity contribution in [3.05, 3.63) is 24.3 Å². The summed E-state index contributed by atoms with van der Waals surface area (Å²) in [7, 11) is -3.25. The van der Waals surface area contributed by atoms with E-state index in [4.69, 9.17) is 0 Å². The lowest BCUT2D eigenvalue weighted by molar-refractivity contribution is -0.113. The van der Waals surface area contributed by atoms with Crippen molar-refractivity contribution in [2.24, 2.45) is 0 Å². The topological polar surface area (TPSA) is 75.3 Å². The van der Waals surface area contributed by atoms with Crippen LogP contribution in [0.15, 0.2) is 29.2 Å². The number of hydrogen-bond acceptors (Lipinski definition) is 5. The number of rotatable bonds is 5. The van der Waals surface area contributed by atoms with Crippen LogP contribution in [0, 0.1) is 0 Å². The molecule has 0 unspecified atom stereocenters. The quantitative estimate of drug-likeness (QED) is 0.857. The molecule has 0 atom stereocenters. The molecule has 0 aromatic heterocycles. The van der Waals surface area contributed by atoms with Gasteiger partial charge in [0.1, 0.15) is 0 Å². The van der Waals surface area contributed by atoms with Gasteiger partial charge in [0.05, 0.1) is 10.6 Å². The van der Waals surface area contributed by atoms with Crippen molar-refractivity contribution in [3.63, 3.8) is 0 Å². The van der Waals surface area contributed by atoms with Crippen molar-refractivity contribution >= 4 is 33.2 Å². The molecule has 1 saturated heterocycles. The monoisotopic (exact) mass is 328 g/mol. The lowest BCUT2D eigenvalue weighted by Gasteiger charge is -2.21. The van der Waals surface area contributed by atoms with Gasteiger partial charge in [-0.1, -0.05) is 6.07 Å². The summed E-state index contributed by atoms with van der Waals surface area (Å²) in [6.45, 7) is 2.02. The van der Waals surface area contributed by atoms with E-state index in [2.05, 4.69) is 10.6 Å². The second-order valence-corrected chi connectivity index (χ2v) is 8.41. The van der Waals surface area contributed by atoms with Crippen molar-refractivity contribution in [1.82, 2.24) is 5.32 Å². The number of piperidine rings is 1. The molecule has 0 radical (unpaired) electrons. The fourth-order valence-corrected chi connectivity index (χ4v) is 3.85. The van der Waals surface area contributed by atoms with Gasteiger partial charge in [0.15, 0.2) is 9.84 Å². The van der Waals surface area contributed by atoms with Crippen LogP contribution in [-0.2, 0) is 14.6 Å². The third-order valence-corrected chi connectivity index (χ3v) is 5.76. The van der Waals surface area contributed by atoms with E-state index in [9.17, 15) is 13.2 Å². The molecule has 21 heavy (non-hydrogen) atoms. The Balaban J connectivity index is 1.87. The van der Waals surface area contributed by atoms with E-state index in [1.54, 1.807) is 23.9 Å². The number of nitrogens with one attached hydrogen (secondary N) is 2. The SMILES string of the molecule is CS(=O)(=O)c1cccc(NC(=O)CSC2CCNCC2)c1. The van der Waals surface area contributed by atoms with Crippen LogP contribution in [-0.4, -0.2) is 44.7 Å². The van der Waals surface area contributed by atoms with Crippen LogP contribution in [0.2, 0.25) is 0 Å². The summed E-state index contributed by atoms with van der Waals surface area (Å²) >= 11 is 1.66. The number of carbonyl (C=O) groups is 1. The summed E-state index contributed by atoms with van der Waals surface area (Å²) < 4.78 is 23.0. The second kappa shape index (κ2) is 7.29. The largest absolute Gasteiger partial charge is 0.325 e. The molecule has 0 aliphatic carbocycles. The number of anilines is 1. The van der Waals surface area contributed by atoms with E-state index >= 15 is 0 Å². The first-order valence-electron chi connectivity index (χ1n) is 6.87. The molecule has 7 heteroatoms. The van der Waals surface area contributed by atoms with Crippen LogP contribution >= 0.6 is 11.8 Å². The van der Waals surface area contributed by atoms with Crippen molar-refractivity contribution in [2.45, 2.75) is 23.0 Å². The average molecular weight is 328 g/mol. The Kier molecular flexibility index (Phi) is 5.66. The first-order valence-corrected chi connectivity index (χ1v) is 9.81. The Hall–Kier alpha value is -1.05. The van der Waals surface area contributed by atoms with Gasteiger partial charge in [-0.05, 0) is 44.1 Å². The summed E-state index contributed by atoms with van der Waals surface area (Å²) in [5, 5.41) is 6.57. The van der Waals surface area contributed by atoms with E-state index in [-0.39, 0.29) is 10.8 Å². The van der Waals surface area contributed by atoms with Gasteiger partial charge in [-0.15, -0.1) is 11.8 Å². The molecule has 1 amide bonds. The van der Waals surface area contributed by atoms with Gasteiger partial charge in [0, 0.05) is 17.2 Å². The molecule has 1 aliphatic heterocycles. The van der Waals surface area contributed by atoms with Crippen molar-refractivity contribution < 1.29 is 13.2 Å². The molecule has 2 N–H and O–H groups in total. The third-order valence-electron chi connectivity index (χ3n) is 3.28. The lowest BCUT2D eigenvalue weighted by atomic mass is 10.2. The smallest absolute Gasteiger partial charge is 0.234 e. The Morgan fingerprint density at radius 1 is 1.38 bits per heavy atom. The van der Waals surface area contributed by atoms with E-state index in [1.807, 2.05) is 0 Å². The number of amides is 1. The molecular formula is C14H20N2O3S2. The Morgan fingerprint density at radius 2 is 2.10 bits per heavy atom. The summed E-state index contributed by atoms with van der Waals surface area (Å²) in [5.74, 6) is 0.303. The van der Waals surface area contributed by atoms with E-state index < -0.39 is 9.84 Å². The number of sulfone groups is 1. The summed E-state index contributed by atoms with van der Waals surface area (Å²) in [6, 6.07) is 6.34. The minimum atomic E-state index is -3.25. The molecule has 1 fully saturated rings. The normalized spacial score (nSPS) is 16.6. The highest BCUT2D eigenvalue weighted by molar-refractivity contribution is 8.00. The molecule has 0 bridgehead atoms. The zero-order valence-corrected chi connectivity index (χ0v) is 13.6. The summed E-state index contributed by atoms with van der Waals surface area (Å²) in [4.78, 5) is 12.1. The molecule has 1 aromatic rings. The van der Waals surface area contributed by atoms with Crippen LogP contribution in [0.5, 0.6) is 0 Å². The number of benzene rings is 1. The maximum absolute atomic E-state index is 11.9. The van der Waals surface area contributed by atoms with Crippen LogP contribution < -0.4 is 10.6 Å². The summed E-state index contributed by atoms with van der Waals surface area (Å²) in [6.07, 6.45) is 3.32. The number of thioether (sulfide) groups is 1. The van der Waals surface area contributed by atoms with Crippen LogP contribution in [0.25, 0.3) is 0 Å². The van der Waals surface area contributed by atoms with Crippen molar-refractivity contribution in [3.8, 4) is 0 Å². The standard InChI is InChI=1S/C14H20N2O3S2/c1-21(18,19)13-4-2-3-11(9-13)16-14(17)10-20-12-5-7-15-8-6-12/h2-4,9,12,15H,5-8,10H2,1H3,(H,16,17). The maximum atomic E-state index is 11.9. The van der Waals surface area contributed by atoms with Crippen LogP contribution in [0.1, 0.15) is 12.8 Å². The van der Waals surface area contributed by atoms with E-state index in [0.717, 1.165) is 32.2 Å². The Labute approximate surface area is 129 Å². The minimum Gasteiger partial charge on any atom is -0.325 e. The van der Waals surface area contributed by atoms with E-state index in [1.165, 1.54) is 12.1 Å². The molecule has 0 spiro atoms. The predicted octanol–water partition coefficient (Wildman–Crippen LogP) is 1.51. The Morgan fingerprint density at radius 3 is 2.76 bits per heavy atom. The highest BCUT2D eigenvalue weighted by Gasteiger charge is 2.15. The highest BCUT2D eigenvalue weighted by atomic mass is 32.2. The van der Waals surface area contributed by atoms with Crippen molar-refractivity contribution in [1.29, 1.82) is 0 Å². The van der Waals surface area contributed by atoms with Gasteiger partial charge >= 0.3 is 0 Å². The number of hydrogen-bond donors (Lipinski definition) is 2. The van der Waals surface area contributed by atoms with Gasteiger partial charge in [0.25, 0.3) is 0 Å². The molecule has 116 valence electrons. The van der Waals surface area contributed by atoms with Gasteiger partial charge in [-0.2, -0.15) is 0 Å². The lowest BCUT2D eigenvalue weighted by Crippen LogP contribution is -2.30. The molecule has 1 aliphatic rings. The molecule has 1 heterocycles. The zero-order valence-electron chi connectivity index (χ0n) is 12.0. The average Bonchev–Trinajstić information content (AvgIpc) is 2.46. The third kappa shape index (κ3) is 5.33. The summed E-state index contributed by atoms with van der Waals surface area (Å²) in [5.41, 5.74) is 0.522. The molecule has 0 saturated carbocycles. The molecule has 5 nitrogen and oxygen atoms in total. The maximum Gasteiger partial charge on any atom is 0.234 e. The minimum absolute atomic E-state index is 0.0933. The fourth-order valence-electron chi connectivity index (χ4n) is 2.16. The second-order valence-electron chi connectivity index (χ2n) is 5.11. The number of carbonyl (C=O) groups excluding carboxylic acids is 1. The van der Waals surface area contributed by atoms with Gasteiger partial charge < -0.3 is 10.6 Å². The van der Waals surface area contributed by atoms with Crippen molar-refractivity contribution in [2.75, 3.05) is 30.4 Å².